The van der Waals surface area contributed by atoms with Crippen molar-refractivity contribution in [3.8, 4) is 28.5 Å². The standard InChI is InChI=1S/C33H28N4O/c1-4-36-29-12-8-6-10-23(29)25-18-21(14-16-31(25)36)27-20-28(35-33(34-27)38-3)22-15-17-32-26(19-22)24-11-7-9-13-30(24)37(32)5-2/h6-20H,4-5H2,1-3H3. The molecule has 0 unspecified atom stereocenters. The summed E-state index contributed by atoms with van der Waals surface area (Å²) < 4.78 is 10.3. The van der Waals surface area contributed by atoms with Crippen molar-refractivity contribution in [1.82, 2.24) is 19.1 Å². The Hall–Kier alpha value is -4.64. The van der Waals surface area contributed by atoms with Gasteiger partial charge in [-0.05, 0) is 56.3 Å². The lowest BCUT2D eigenvalue weighted by atomic mass is 10.0. The number of methoxy groups -OCH3 is 1. The predicted octanol–water partition coefficient (Wildman–Crippen LogP) is 8.07. The number of aromatic nitrogens is 4. The van der Waals surface area contributed by atoms with E-state index in [1.165, 1.54) is 43.6 Å². The van der Waals surface area contributed by atoms with Gasteiger partial charge in [0.25, 0.3) is 0 Å². The summed E-state index contributed by atoms with van der Waals surface area (Å²) in [7, 11) is 1.62. The average molecular weight is 497 g/mol. The molecule has 5 heteroatoms. The fourth-order valence-corrected chi connectivity index (χ4v) is 5.92. The molecule has 0 saturated carbocycles. The van der Waals surface area contributed by atoms with Crippen LogP contribution in [-0.2, 0) is 13.1 Å². The molecule has 0 saturated heterocycles. The molecule has 5 nitrogen and oxygen atoms in total. The lowest BCUT2D eigenvalue weighted by Gasteiger charge is -2.09. The molecular weight excluding hydrogens is 468 g/mol. The predicted molar refractivity (Wildman–Crippen MR) is 157 cm³/mol. The van der Waals surface area contributed by atoms with E-state index in [-0.39, 0.29) is 0 Å². The van der Waals surface area contributed by atoms with Gasteiger partial charge in [0.1, 0.15) is 0 Å². The Balaban J connectivity index is 1.41. The van der Waals surface area contributed by atoms with Crippen LogP contribution in [0.3, 0.4) is 0 Å². The molecule has 0 aliphatic rings. The van der Waals surface area contributed by atoms with E-state index in [0.29, 0.717) is 6.01 Å². The second-order valence-corrected chi connectivity index (χ2v) is 9.61. The van der Waals surface area contributed by atoms with Crippen molar-refractivity contribution in [1.29, 1.82) is 0 Å². The zero-order chi connectivity index (χ0) is 25.8. The van der Waals surface area contributed by atoms with Gasteiger partial charge in [-0.3, -0.25) is 0 Å². The van der Waals surface area contributed by atoms with Gasteiger partial charge in [0, 0.05) is 67.8 Å². The number of nitrogens with zero attached hydrogens (tertiary/aromatic N) is 4. The van der Waals surface area contributed by atoms with Crippen molar-refractivity contribution in [2.45, 2.75) is 26.9 Å². The maximum atomic E-state index is 5.57. The quantitative estimate of drug-likeness (QED) is 0.242. The first-order chi connectivity index (χ1) is 18.7. The first-order valence-corrected chi connectivity index (χ1v) is 13.2. The number of fused-ring (bicyclic) bond motifs is 6. The van der Waals surface area contributed by atoms with Crippen molar-refractivity contribution < 1.29 is 4.74 Å². The van der Waals surface area contributed by atoms with Crippen LogP contribution in [-0.4, -0.2) is 26.2 Å². The van der Waals surface area contributed by atoms with Crippen molar-refractivity contribution >= 4 is 43.6 Å². The van der Waals surface area contributed by atoms with E-state index in [4.69, 9.17) is 14.7 Å². The zero-order valence-electron chi connectivity index (χ0n) is 21.8. The largest absolute Gasteiger partial charge is 0.467 e. The molecule has 3 aromatic heterocycles. The van der Waals surface area contributed by atoms with Gasteiger partial charge in [0.2, 0.25) is 0 Å². The highest BCUT2D eigenvalue weighted by Crippen LogP contribution is 2.35. The van der Waals surface area contributed by atoms with Crippen LogP contribution in [0.1, 0.15) is 13.8 Å². The van der Waals surface area contributed by atoms with Crippen LogP contribution in [0.5, 0.6) is 6.01 Å². The minimum absolute atomic E-state index is 0.365. The number of hydrogen-bond acceptors (Lipinski definition) is 3. The Morgan fingerprint density at radius 2 is 1.00 bits per heavy atom. The van der Waals surface area contributed by atoms with Gasteiger partial charge in [-0.1, -0.05) is 48.5 Å². The summed E-state index contributed by atoms with van der Waals surface area (Å²) in [5, 5.41) is 4.97. The second kappa shape index (κ2) is 8.73. The van der Waals surface area contributed by atoms with Crippen LogP contribution in [0.25, 0.3) is 66.1 Å². The molecule has 0 fully saturated rings. The number of benzene rings is 4. The van der Waals surface area contributed by atoms with Crippen LogP contribution in [0.2, 0.25) is 0 Å². The molecule has 186 valence electrons. The van der Waals surface area contributed by atoms with E-state index in [1.807, 2.05) is 0 Å². The first-order valence-electron chi connectivity index (χ1n) is 13.2. The van der Waals surface area contributed by atoms with Crippen LogP contribution in [0.4, 0.5) is 0 Å². The molecule has 3 heterocycles. The van der Waals surface area contributed by atoms with Gasteiger partial charge in [-0.25, -0.2) is 0 Å². The maximum Gasteiger partial charge on any atom is 0.317 e. The lowest BCUT2D eigenvalue weighted by molar-refractivity contribution is 0.381. The summed E-state index contributed by atoms with van der Waals surface area (Å²) in [5.74, 6) is 0. The lowest BCUT2D eigenvalue weighted by Crippen LogP contribution is -1.97. The minimum atomic E-state index is 0.365. The summed E-state index contributed by atoms with van der Waals surface area (Å²) >= 11 is 0. The Bertz CT molecular complexity index is 1860. The van der Waals surface area contributed by atoms with Gasteiger partial charge in [-0.15, -0.1) is 0 Å². The minimum Gasteiger partial charge on any atom is -0.467 e. The van der Waals surface area contributed by atoms with E-state index in [1.54, 1.807) is 7.11 Å². The molecule has 7 rings (SSSR count). The highest BCUT2D eigenvalue weighted by Gasteiger charge is 2.15. The maximum absolute atomic E-state index is 5.57. The third-order valence-corrected chi connectivity index (χ3v) is 7.66. The van der Waals surface area contributed by atoms with Gasteiger partial charge < -0.3 is 13.9 Å². The molecular formula is C33H28N4O. The summed E-state index contributed by atoms with van der Waals surface area (Å²) in [6.07, 6.45) is 0. The Morgan fingerprint density at radius 3 is 1.45 bits per heavy atom. The van der Waals surface area contributed by atoms with Crippen LogP contribution in [0, 0.1) is 0 Å². The van der Waals surface area contributed by atoms with Crippen molar-refractivity contribution in [3.05, 3.63) is 91.0 Å². The van der Waals surface area contributed by atoms with Crippen LogP contribution in [0.15, 0.2) is 91.0 Å². The fourth-order valence-electron chi connectivity index (χ4n) is 5.92. The van der Waals surface area contributed by atoms with Crippen molar-refractivity contribution in [2.24, 2.45) is 0 Å². The highest BCUT2D eigenvalue weighted by molar-refractivity contribution is 6.10. The smallest absolute Gasteiger partial charge is 0.317 e. The van der Waals surface area contributed by atoms with Gasteiger partial charge >= 0.3 is 6.01 Å². The van der Waals surface area contributed by atoms with Crippen LogP contribution < -0.4 is 4.74 Å². The number of hydrogen-bond donors (Lipinski definition) is 0. The Kier molecular flexibility index (Phi) is 5.18. The summed E-state index contributed by atoms with van der Waals surface area (Å²) in [4.78, 5) is 9.49. The molecule has 0 spiro atoms. The molecule has 0 N–H and O–H groups in total. The molecule has 0 atom stereocenters. The summed E-state index contributed by atoms with van der Waals surface area (Å²) in [6.45, 7) is 6.23. The average Bonchev–Trinajstić information content (AvgIpc) is 3.48. The first kappa shape index (κ1) is 22.5. The molecule has 0 aliphatic carbocycles. The van der Waals surface area contributed by atoms with Gasteiger partial charge in [-0.2, -0.15) is 9.97 Å². The van der Waals surface area contributed by atoms with E-state index >= 15 is 0 Å². The number of aryl methyl sites for hydroxylation is 2. The highest BCUT2D eigenvalue weighted by atomic mass is 16.5. The van der Waals surface area contributed by atoms with Crippen LogP contribution >= 0.6 is 0 Å². The molecule has 7 aromatic rings. The van der Waals surface area contributed by atoms with Gasteiger partial charge in [0.15, 0.2) is 0 Å². The fraction of sp³-hybridized carbons (Fsp3) is 0.152. The molecule has 0 amide bonds. The van der Waals surface area contributed by atoms with E-state index < -0.39 is 0 Å². The molecule has 0 aliphatic heterocycles. The molecule has 0 radical (unpaired) electrons. The molecule has 4 aromatic carbocycles. The molecule has 0 bridgehead atoms. The monoisotopic (exact) mass is 496 g/mol. The SMILES string of the molecule is CCn1c2ccccc2c2cc(-c3cc(-c4ccc5c(c4)c4ccccc4n5CC)nc(OC)n3)ccc21. The zero-order valence-corrected chi connectivity index (χ0v) is 21.8. The summed E-state index contributed by atoms with van der Waals surface area (Å²) in [6, 6.07) is 32.8. The van der Waals surface area contributed by atoms with Crippen molar-refractivity contribution in [2.75, 3.05) is 7.11 Å². The normalized spacial score (nSPS) is 11.8. The number of para-hydroxylation sites is 2. The van der Waals surface area contributed by atoms with E-state index in [9.17, 15) is 0 Å². The summed E-state index contributed by atoms with van der Waals surface area (Å²) in [5.41, 5.74) is 8.75. The van der Waals surface area contributed by atoms with E-state index in [0.717, 1.165) is 35.6 Å². The third kappa shape index (κ3) is 3.32. The number of rotatable bonds is 5. The second-order valence-electron chi connectivity index (χ2n) is 9.61. The van der Waals surface area contributed by atoms with E-state index in [2.05, 4.69) is 114 Å². The molecule has 38 heavy (non-hydrogen) atoms. The Morgan fingerprint density at radius 1 is 0.553 bits per heavy atom. The van der Waals surface area contributed by atoms with Crippen molar-refractivity contribution in [3.63, 3.8) is 0 Å². The third-order valence-electron chi connectivity index (χ3n) is 7.66. The van der Waals surface area contributed by atoms with Gasteiger partial charge in [0.05, 0.1) is 18.5 Å². The Labute approximate surface area is 220 Å². The topological polar surface area (TPSA) is 44.9 Å². The number of ether oxygens (including phenoxy) is 1.